The minimum absolute atomic E-state index is 0.109. The number of nitrogens with one attached hydrogen (secondary N) is 4. The van der Waals surface area contributed by atoms with E-state index in [1.165, 1.54) is 25.7 Å². The molecule has 3 heterocycles. The molecule has 220 valence electrons. The lowest BCUT2D eigenvalue weighted by Crippen LogP contribution is -2.57. The molecule has 1 aromatic rings. The summed E-state index contributed by atoms with van der Waals surface area (Å²) in [6, 6.07) is 11.3. The minimum Gasteiger partial charge on any atom is -0.444 e. The maximum Gasteiger partial charge on any atom is 0.408 e. The van der Waals surface area contributed by atoms with Gasteiger partial charge in [-0.3, -0.25) is 15.7 Å². The number of fused-ring (bicyclic) bond motifs is 2. The summed E-state index contributed by atoms with van der Waals surface area (Å²) < 4.78 is 5.58. The number of carbonyl (C=O) groups excluding carboxylic acids is 1. The van der Waals surface area contributed by atoms with Gasteiger partial charge in [0.15, 0.2) is 0 Å². The second-order valence-electron chi connectivity index (χ2n) is 13.8. The molecule has 4 fully saturated rings. The number of alkyl carbamates (subject to hydrolysis) is 1. The average molecular weight is 551 g/mol. The van der Waals surface area contributed by atoms with Crippen LogP contribution in [0.15, 0.2) is 30.3 Å². The van der Waals surface area contributed by atoms with Crippen LogP contribution in [0.5, 0.6) is 0 Å². The van der Waals surface area contributed by atoms with Crippen molar-refractivity contribution in [3.8, 4) is 0 Å². The number of hydrogen-bond donors (Lipinski definition) is 4. The number of carbonyl (C=O) groups is 1. The fourth-order valence-corrected chi connectivity index (χ4v) is 7.95. The molecule has 3 atom stereocenters. The Labute approximate surface area is 240 Å². The number of piperidine rings is 2. The molecule has 1 saturated carbocycles. The van der Waals surface area contributed by atoms with E-state index in [2.05, 4.69) is 32.6 Å². The van der Waals surface area contributed by atoms with Crippen LogP contribution in [0.1, 0.15) is 97.1 Å². The Morgan fingerprint density at radius 3 is 2.33 bits per heavy atom. The van der Waals surface area contributed by atoms with Crippen molar-refractivity contribution in [1.29, 1.82) is 10.8 Å². The first-order chi connectivity index (χ1) is 19.0. The molecule has 8 nitrogen and oxygen atoms in total. The summed E-state index contributed by atoms with van der Waals surface area (Å²) in [5, 5.41) is 24.4. The quantitative estimate of drug-likeness (QED) is 0.258. The summed E-state index contributed by atoms with van der Waals surface area (Å²) in [5.74, 6) is 1.53. The zero-order valence-electron chi connectivity index (χ0n) is 25.0. The predicted molar refractivity (Wildman–Crippen MR) is 160 cm³/mol. The average Bonchev–Trinajstić information content (AvgIpc) is 3.11. The van der Waals surface area contributed by atoms with Crippen LogP contribution >= 0.6 is 0 Å². The van der Waals surface area contributed by atoms with Gasteiger partial charge in [-0.25, -0.2) is 4.79 Å². The molecule has 4 aliphatic rings. The molecular formula is C32H50N6O2. The monoisotopic (exact) mass is 550 g/mol. The van der Waals surface area contributed by atoms with Crippen LogP contribution in [-0.4, -0.2) is 70.9 Å². The Morgan fingerprint density at radius 2 is 1.75 bits per heavy atom. The Hall–Kier alpha value is -2.45. The summed E-state index contributed by atoms with van der Waals surface area (Å²) >= 11 is 0. The molecule has 40 heavy (non-hydrogen) atoms. The second kappa shape index (κ2) is 11.8. The first kappa shape index (κ1) is 29.1. The van der Waals surface area contributed by atoms with Crippen molar-refractivity contribution in [2.24, 2.45) is 11.3 Å². The van der Waals surface area contributed by atoms with Crippen molar-refractivity contribution in [3.05, 3.63) is 35.9 Å². The molecule has 4 N–H and O–H groups in total. The third kappa shape index (κ3) is 6.54. The van der Waals surface area contributed by atoms with E-state index >= 15 is 0 Å². The predicted octanol–water partition coefficient (Wildman–Crippen LogP) is 5.69. The number of amidine groups is 2. The van der Waals surface area contributed by atoms with Gasteiger partial charge < -0.3 is 20.3 Å². The normalized spacial score (nSPS) is 27.1. The number of ether oxygens (including phenoxy) is 1. The SMILES string of the molecule is CC(=N)N(C(=N)C1CC2(CCNCC2)C1)C1CC2CCC(C1)N2CC[C@H](NC(=O)OC(C)(C)C)c1ccccc1. The molecule has 0 radical (unpaired) electrons. The summed E-state index contributed by atoms with van der Waals surface area (Å²) in [6.45, 7) is 10.7. The lowest BCUT2D eigenvalue weighted by molar-refractivity contribution is 0.0443. The van der Waals surface area contributed by atoms with Gasteiger partial charge in [-0.2, -0.15) is 0 Å². The Balaban J connectivity index is 1.20. The summed E-state index contributed by atoms with van der Waals surface area (Å²) in [7, 11) is 0. The fraction of sp³-hybridized carbons (Fsp3) is 0.719. The first-order valence-corrected chi connectivity index (χ1v) is 15.5. The van der Waals surface area contributed by atoms with Gasteiger partial charge in [0.2, 0.25) is 0 Å². The maximum atomic E-state index is 12.7. The van der Waals surface area contributed by atoms with E-state index in [1.54, 1.807) is 0 Å². The first-order valence-electron chi connectivity index (χ1n) is 15.5. The van der Waals surface area contributed by atoms with E-state index in [9.17, 15) is 4.79 Å². The highest BCUT2D eigenvalue weighted by Crippen LogP contribution is 2.52. The van der Waals surface area contributed by atoms with Crippen molar-refractivity contribution in [2.45, 2.75) is 115 Å². The van der Waals surface area contributed by atoms with Gasteiger partial charge in [0.1, 0.15) is 11.4 Å². The second-order valence-corrected chi connectivity index (χ2v) is 13.8. The number of nitrogens with zero attached hydrogens (tertiary/aromatic N) is 2. The molecule has 1 aromatic carbocycles. The van der Waals surface area contributed by atoms with Gasteiger partial charge in [0.05, 0.1) is 11.9 Å². The molecule has 8 heteroatoms. The Morgan fingerprint density at radius 1 is 1.12 bits per heavy atom. The zero-order valence-corrected chi connectivity index (χ0v) is 25.0. The van der Waals surface area contributed by atoms with E-state index in [1.807, 2.05) is 45.9 Å². The van der Waals surface area contributed by atoms with Crippen LogP contribution in [0.2, 0.25) is 0 Å². The lowest BCUT2D eigenvalue weighted by Gasteiger charge is -2.53. The van der Waals surface area contributed by atoms with Gasteiger partial charge in [-0.15, -0.1) is 0 Å². The van der Waals surface area contributed by atoms with E-state index in [0.717, 1.165) is 57.3 Å². The van der Waals surface area contributed by atoms with Gasteiger partial charge in [-0.1, -0.05) is 30.3 Å². The smallest absolute Gasteiger partial charge is 0.408 e. The highest BCUT2D eigenvalue weighted by atomic mass is 16.6. The fourth-order valence-electron chi connectivity index (χ4n) is 7.95. The number of rotatable bonds is 7. The largest absolute Gasteiger partial charge is 0.444 e. The molecule has 2 bridgehead atoms. The molecule has 3 aliphatic heterocycles. The summed E-state index contributed by atoms with van der Waals surface area (Å²) in [4.78, 5) is 17.4. The van der Waals surface area contributed by atoms with E-state index in [-0.39, 0.29) is 18.2 Å². The molecule has 1 spiro atoms. The summed E-state index contributed by atoms with van der Waals surface area (Å²) in [6.07, 6.45) is 9.51. The zero-order chi connectivity index (χ0) is 28.5. The number of benzene rings is 1. The van der Waals surface area contributed by atoms with Crippen molar-refractivity contribution < 1.29 is 9.53 Å². The van der Waals surface area contributed by atoms with Crippen molar-refractivity contribution in [3.63, 3.8) is 0 Å². The Bertz CT molecular complexity index is 1040. The van der Waals surface area contributed by atoms with Crippen LogP contribution in [0.3, 0.4) is 0 Å². The van der Waals surface area contributed by atoms with Gasteiger partial charge in [-0.05, 0) is 110 Å². The lowest BCUT2D eigenvalue weighted by atomic mass is 9.57. The van der Waals surface area contributed by atoms with Crippen LogP contribution in [-0.2, 0) is 4.74 Å². The molecule has 5 rings (SSSR count). The summed E-state index contributed by atoms with van der Waals surface area (Å²) in [5.41, 5.74) is 1.00. The minimum atomic E-state index is -0.535. The molecule has 0 aromatic heterocycles. The van der Waals surface area contributed by atoms with Gasteiger partial charge >= 0.3 is 6.09 Å². The molecule has 3 saturated heterocycles. The van der Waals surface area contributed by atoms with Gasteiger partial charge in [0, 0.05) is 30.6 Å². The molecule has 2 unspecified atom stereocenters. The van der Waals surface area contributed by atoms with Crippen LogP contribution in [0, 0.1) is 22.2 Å². The van der Waals surface area contributed by atoms with Crippen molar-refractivity contribution >= 4 is 17.8 Å². The van der Waals surface area contributed by atoms with Crippen molar-refractivity contribution in [1.82, 2.24) is 20.4 Å². The van der Waals surface area contributed by atoms with E-state index in [0.29, 0.717) is 35.1 Å². The van der Waals surface area contributed by atoms with Crippen LogP contribution in [0.25, 0.3) is 0 Å². The standard InChI is InChI=1S/C32H50N6O2/c1-22(33)38(29(34)24-20-32(21-24)13-15-35-16-14-32)27-18-25-10-11-26(19-27)37(25)17-12-28(23-8-6-5-7-9-23)36-30(39)40-31(2,3)4/h5-9,24-28,33-35H,10-21H2,1-4H3,(H,36,39)/t25?,26?,27?,28-/m0/s1. The number of amides is 1. The third-order valence-corrected chi connectivity index (χ3v) is 9.82. The number of hydrogen-bond acceptors (Lipinski definition) is 6. The van der Waals surface area contributed by atoms with E-state index in [4.69, 9.17) is 15.6 Å². The van der Waals surface area contributed by atoms with Crippen LogP contribution in [0.4, 0.5) is 4.79 Å². The Kier molecular flexibility index (Phi) is 8.58. The highest BCUT2D eigenvalue weighted by Gasteiger charge is 2.49. The topological polar surface area (TPSA) is 105 Å². The van der Waals surface area contributed by atoms with Gasteiger partial charge in [0.25, 0.3) is 0 Å². The third-order valence-electron chi connectivity index (χ3n) is 9.82. The maximum absolute atomic E-state index is 12.7. The molecule has 1 amide bonds. The van der Waals surface area contributed by atoms with E-state index < -0.39 is 5.60 Å². The highest BCUT2D eigenvalue weighted by molar-refractivity contribution is 5.99. The van der Waals surface area contributed by atoms with Crippen molar-refractivity contribution in [2.75, 3.05) is 19.6 Å². The van der Waals surface area contributed by atoms with Crippen LogP contribution < -0.4 is 10.6 Å². The molecule has 1 aliphatic carbocycles. The molecular weight excluding hydrogens is 500 g/mol.